The molecule has 1 spiro atoms. The van der Waals surface area contributed by atoms with Crippen LogP contribution in [0.2, 0.25) is 0 Å². The lowest BCUT2D eigenvalue weighted by Crippen LogP contribution is -2.43. The average molecular weight is 566 g/mol. The first kappa shape index (κ1) is 27.3. The molecule has 7 heteroatoms. The molecule has 1 aromatic heterocycles. The molecule has 2 aliphatic carbocycles. The number of carbonyl (C=O) groups is 1. The maximum Gasteiger partial charge on any atom is 0.258 e. The van der Waals surface area contributed by atoms with Gasteiger partial charge < -0.3 is 10.1 Å². The predicted octanol–water partition coefficient (Wildman–Crippen LogP) is 6.65. The van der Waals surface area contributed by atoms with Crippen molar-refractivity contribution in [2.24, 2.45) is 0 Å². The number of nitrogens with one attached hydrogen (secondary N) is 1. The van der Waals surface area contributed by atoms with Gasteiger partial charge in [0.15, 0.2) is 5.16 Å². The number of hydrogen-bond acceptors (Lipinski definition) is 5. The fourth-order valence-electron chi connectivity index (χ4n) is 6.44. The first-order valence-electron chi connectivity index (χ1n) is 14.4. The number of carbonyl (C=O) groups excluding carboxylic acids is 1. The Bertz CT molecular complexity index is 1610. The standard InChI is InChI=1S/C34H35N3O3S/c1-40-27-15-10-14-26(21-27)35-29(38)23-41-33-36-31-28-16-7-6-13-25(28)22-34(18-8-3-9-19-34)30(31)32(39)37(33)20-17-24-11-4-2-5-12-24/h2,4-7,10-16,21H,3,8-9,17-20,22-23H2,1H3,(H,35,38). The quantitative estimate of drug-likeness (QED) is 0.191. The van der Waals surface area contributed by atoms with Crippen molar-refractivity contribution in [2.75, 3.05) is 18.2 Å². The minimum absolute atomic E-state index is 0.0537. The van der Waals surface area contributed by atoms with E-state index in [0.717, 1.165) is 48.9 Å². The summed E-state index contributed by atoms with van der Waals surface area (Å²) in [4.78, 5) is 32.8. The van der Waals surface area contributed by atoms with E-state index in [4.69, 9.17) is 9.72 Å². The van der Waals surface area contributed by atoms with Crippen molar-refractivity contribution in [3.63, 3.8) is 0 Å². The van der Waals surface area contributed by atoms with E-state index in [2.05, 4.69) is 35.6 Å². The first-order chi connectivity index (χ1) is 20.1. The summed E-state index contributed by atoms with van der Waals surface area (Å²) in [5.74, 6) is 0.659. The van der Waals surface area contributed by atoms with Gasteiger partial charge in [0.1, 0.15) is 5.75 Å². The molecule has 3 aromatic carbocycles. The van der Waals surface area contributed by atoms with E-state index in [1.807, 2.05) is 47.0 Å². The molecule has 210 valence electrons. The minimum atomic E-state index is -0.173. The molecular weight excluding hydrogens is 530 g/mol. The molecule has 6 rings (SSSR count). The predicted molar refractivity (Wildman–Crippen MR) is 165 cm³/mol. The molecule has 41 heavy (non-hydrogen) atoms. The molecule has 0 atom stereocenters. The number of ether oxygens (including phenoxy) is 1. The van der Waals surface area contributed by atoms with E-state index in [1.165, 1.54) is 29.3 Å². The van der Waals surface area contributed by atoms with E-state index in [1.54, 1.807) is 13.2 Å². The number of anilines is 1. The van der Waals surface area contributed by atoms with Gasteiger partial charge in [0.25, 0.3) is 5.56 Å². The zero-order valence-corrected chi connectivity index (χ0v) is 24.2. The van der Waals surface area contributed by atoms with Crippen LogP contribution in [0.3, 0.4) is 0 Å². The van der Waals surface area contributed by atoms with Crippen molar-refractivity contribution in [1.29, 1.82) is 0 Å². The van der Waals surface area contributed by atoms with Crippen LogP contribution in [0.4, 0.5) is 5.69 Å². The lowest BCUT2D eigenvalue weighted by molar-refractivity contribution is -0.113. The van der Waals surface area contributed by atoms with Crippen molar-refractivity contribution >= 4 is 23.4 Å². The first-order valence-corrected chi connectivity index (χ1v) is 15.4. The number of amides is 1. The second-order valence-corrected chi connectivity index (χ2v) is 12.0. The van der Waals surface area contributed by atoms with E-state index >= 15 is 0 Å². The number of aromatic nitrogens is 2. The highest BCUT2D eigenvalue weighted by molar-refractivity contribution is 7.99. The average Bonchev–Trinajstić information content (AvgIpc) is 3.00. The van der Waals surface area contributed by atoms with Crippen LogP contribution in [0.5, 0.6) is 5.75 Å². The lowest BCUT2D eigenvalue weighted by atomic mass is 9.62. The smallest absolute Gasteiger partial charge is 0.258 e. The number of thioether (sulfide) groups is 1. The van der Waals surface area contributed by atoms with Gasteiger partial charge in [-0.15, -0.1) is 0 Å². The maximum absolute atomic E-state index is 14.5. The van der Waals surface area contributed by atoms with Gasteiger partial charge in [-0.3, -0.25) is 14.2 Å². The fourth-order valence-corrected chi connectivity index (χ4v) is 7.26. The van der Waals surface area contributed by atoms with E-state index < -0.39 is 0 Å². The number of nitrogens with zero attached hydrogens (tertiary/aromatic N) is 2. The second kappa shape index (κ2) is 12.0. The van der Waals surface area contributed by atoms with Crippen LogP contribution in [0, 0.1) is 0 Å². The number of benzene rings is 3. The van der Waals surface area contributed by atoms with Gasteiger partial charge in [-0.05, 0) is 48.9 Å². The van der Waals surface area contributed by atoms with Crippen LogP contribution < -0.4 is 15.6 Å². The summed E-state index contributed by atoms with van der Waals surface area (Å²) in [6, 6.07) is 25.9. The van der Waals surface area contributed by atoms with Gasteiger partial charge in [-0.2, -0.15) is 0 Å². The molecule has 0 saturated heterocycles. The van der Waals surface area contributed by atoms with Gasteiger partial charge in [0.2, 0.25) is 5.91 Å². The highest BCUT2D eigenvalue weighted by Crippen LogP contribution is 2.48. The van der Waals surface area contributed by atoms with Crippen molar-refractivity contribution < 1.29 is 9.53 Å². The van der Waals surface area contributed by atoms with Crippen molar-refractivity contribution in [3.8, 4) is 17.0 Å². The Kier molecular flexibility index (Phi) is 7.97. The molecule has 4 aromatic rings. The van der Waals surface area contributed by atoms with E-state index in [0.29, 0.717) is 29.6 Å². The Morgan fingerprint density at radius 3 is 2.59 bits per heavy atom. The Balaban J connectivity index is 1.38. The Labute approximate surface area is 245 Å². The van der Waals surface area contributed by atoms with Gasteiger partial charge in [-0.25, -0.2) is 4.98 Å². The normalized spacial score (nSPS) is 15.1. The summed E-state index contributed by atoms with van der Waals surface area (Å²) in [6.07, 6.45) is 7.11. The maximum atomic E-state index is 14.5. The molecule has 0 aliphatic heterocycles. The molecule has 1 fully saturated rings. The number of fused-ring (bicyclic) bond motifs is 4. The summed E-state index contributed by atoms with van der Waals surface area (Å²) >= 11 is 1.32. The van der Waals surface area contributed by atoms with E-state index in [9.17, 15) is 9.59 Å². The van der Waals surface area contributed by atoms with Crippen molar-refractivity contribution in [3.05, 3.63) is 106 Å². The van der Waals surface area contributed by atoms with Crippen LogP contribution in [0.25, 0.3) is 11.3 Å². The Morgan fingerprint density at radius 2 is 1.78 bits per heavy atom. The van der Waals surface area contributed by atoms with Gasteiger partial charge in [0, 0.05) is 29.3 Å². The van der Waals surface area contributed by atoms with Crippen LogP contribution in [-0.2, 0) is 29.6 Å². The third-order valence-corrected chi connectivity index (χ3v) is 9.41. The molecule has 1 amide bonds. The van der Waals surface area contributed by atoms with Crippen LogP contribution >= 0.6 is 11.8 Å². The Hall–Kier alpha value is -3.84. The monoisotopic (exact) mass is 565 g/mol. The van der Waals surface area contributed by atoms with Crippen LogP contribution in [-0.4, -0.2) is 28.3 Å². The summed E-state index contributed by atoms with van der Waals surface area (Å²) in [7, 11) is 1.60. The SMILES string of the molecule is COc1cccc(NC(=O)CSc2nc3c(c(=O)n2CCc2ccccc2)C2(CCCCC2)Cc2ccccc2-3)c1. The highest BCUT2D eigenvalue weighted by Gasteiger charge is 2.43. The zero-order valence-electron chi connectivity index (χ0n) is 23.4. The number of hydrogen-bond donors (Lipinski definition) is 1. The van der Waals surface area contributed by atoms with Crippen molar-refractivity contribution in [1.82, 2.24) is 9.55 Å². The minimum Gasteiger partial charge on any atom is -0.497 e. The third kappa shape index (κ3) is 5.68. The number of methoxy groups -OCH3 is 1. The molecular formula is C34H35N3O3S. The summed E-state index contributed by atoms with van der Waals surface area (Å²) in [5, 5.41) is 3.54. The van der Waals surface area contributed by atoms with Gasteiger partial charge >= 0.3 is 0 Å². The molecule has 0 unspecified atom stereocenters. The fraction of sp³-hybridized carbons (Fsp3) is 0.324. The molecule has 1 saturated carbocycles. The molecule has 6 nitrogen and oxygen atoms in total. The topological polar surface area (TPSA) is 73.2 Å². The highest BCUT2D eigenvalue weighted by atomic mass is 32.2. The van der Waals surface area contributed by atoms with Crippen LogP contribution in [0.15, 0.2) is 88.8 Å². The third-order valence-electron chi connectivity index (χ3n) is 8.43. The molecule has 1 heterocycles. The number of rotatable bonds is 8. The largest absolute Gasteiger partial charge is 0.497 e. The van der Waals surface area contributed by atoms with Gasteiger partial charge in [0.05, 0.1) is 24.1 Å². The van der Waals surface area contributed by atoms with Gasteiger partial charge in [-0.1, -0.05) is 91.7 Å². The lowest BCUT2D eigenvalue weighted by Gasteiger charge is -2.42. The zero-order chi connectivity index (χ0) is 28.2. The number of aryl methyl sites for hydroxylation is 1. The summed E-state index contributed by atoms with van der Waals surface area (Å²) in [6.45, 7) is 0.515. The van der Waals surface area contributed by atoms with E-state index in [-0.39, 0.29) is 22.6 Å². The van der Waals surface area contributed by atoms with Crippen molar-refractivity contribution in [2.45, 2.75) is 62.1 Å². The molecule has 0 bridgehead atoms. The summed E-state index contributed by atoms with van der Waals surface area (Å²) in [5.41, 5.74) is 5.73. The second-order valence-electron chi connectivity index (χ2n) is 11.1. The molecule has 1 N–H and O–H groups in total. The van der Waals surface area contributed by atoms with Crippen LogP contribution in [0.1, 0.15) is 48.8 Å². The Morgan fingerprint density at radius 1 is 1.00 bits per heavy atom. The molecule has 2 aliphatic rings. The molecule has 0 radical (unpaired) electrons. The summed E-state index contributed by atoms with van der Waals surface area (Å²) < 4.78 is 7.12.